The van der Waals surface area contributed by atoms with Gasteiger partial charge in [0.2, 0.25) is 0 Å². The van der Waals surface area contributed by atoms with Gasteiger partial charge in [0, 0.05) is 64.5 Å². The van der Waals surface area contributed by atoms with Crippen LogP contribution in [-0.2, 0) is 39.3 Å². The van der Waals surface area contributed by atoms with E-state index in [2.05, 4.69) is 58.3 Å². The lowest BCUT2D eigenvalue weighted by atomic mass is 9.77. The largest absolute Gasteiger partial charge is 0.488 e. The first-order valence-electron chi connectivity index (χ1n) is 25.0. The third-order valence-corrected chi connectivity index (χ3v) is 14.6. The lowest BCUT2D eigenvalue weighted by molar-refractivity contribution is 0.0777. The topological polar surface area (TPSA) is 128 Å². The molecule has 0 bridgehead atoms. The van der Waals surface area contributed by atoms with Gasteiger partial charge in [0.1, 0.15) is 0 Å². The van der Waals surface area contributed by atoms with E-state index in [0.29, 0.717) is 72.1 Å². The van der Waals surface area contributed by atoms with Crippen LogP contribution in [0, 0.1) is 0 Å². The van der Waals surface area contributed by atoms with Gasteiger partial charge in [-0.2, -0.15) is 0 Å². The minimum absolute atomic E-state index is 0.158. The van der Waals surface area contributed by atoms with Crippen LogP contribution in [0.2, 0.25) is 0 Å². The van der Waals surface area contributed by atoms with Crippen molar-refractivity contribution in [3.63, 3.8) is 0 Å². The maximum absolute atomic E-state index is 14.8. The molecule has 0 radical (unpaired) electrons. The molecule has 368 valence electrons. The molecular formula is C62H58B2N4O6. The number of nitrogens with zero attached hydrogens (tertiary/aromatic N) is 4. The molecule has 10 aromatic rings. The number of benzene rings is 10. The van der Waals surface area contributed by atoms with Crippen LogP contribution in [0.4, 0.5) is 0 Å². The maximum Gasteiger partial charge on any atom is 0.488 e. The summed E-state index contributed by atoms with van der Waals surface area (Å²) in [6, 6.07) is 59.3. The standard InChI is InChI=1S/C62H58B2N4O6/c1-65(35-41-19-5-17-31-59(41)63(71)72)37-55-45-23-9-13-27-49(45)57(50-28-14-10-24-46(50)55)39-67(3)61(69)53-33-34-54(44-22-8-7-21-43(44)53)62(70)68(4)40-58-51-29-15-11-25-47(51)56(48-26-12-16-30-52(48)58)38-66(2)36-42-20-6-18-32-60(42)64(73)74/h5-34,71-74H,35-40H2,1-4H3. The minimum atomic E-state index is -1.56. The first kappa shape index (κ1) is 49.9. The third-order valence-electron chi connectivity index (χ3n) is 14.6. The maximum atomic E-state index is 14.8. The number of carbonyl (C=O) groups is 2. The summed E-state index contributed by atoms with van der Waals surface area (Å²) >= 11 is 0. The highest BCUT2D eigenvalue weighted by Gasteiger charge is 2.25. The molecule has 0 spiro atoms. The molecule has 74 heavy (non-hydrogen) atoms. The highest BCUT2D eigenvalue weighted by molar-refractivity contribution is 6.59. The van der Waals surface area contributed by atoms with Crippen LogP contribution < -0.4 is 10.9 Å². The molecule has 10 rings (SSSR count). The van der Waals surface area contributed by atoms with Gasteiger partial charge in [-0.3, -0.25) is 19.4 Å². The molecule has 0 heterocycles. The van der Waals surface area contributed by atoms with Crippen molar-refractivity contribution < 1.29 is 29.7 Å². The Labute approximate surface area is 432 Å². The van der Waals surface area contributed by atoms with Gasteiger partial charge in [-0.05, 0) is 124 Å². The van der Waals surface area contributed by atoms with Crippen molar-refractivity contribution in [1.82, 2.24) is 19.6 Å². The van der Waals surface area contributed by atoms with Gasteiger partial charge in [0.05, 0.1) is 0 Å². The van der Waals surface area contributed by atoms with E-state index in [1.807, 2.05) is 137 Å². The van der Waals surface area contributed by atoms with E-state index in [9.17, 15) is 29.7 Å². The first-order valence-corrected chi connectivity index (χ1v) is 25.0. The van der Waals surface area contributed by atoms with E-state index in [1.165, 1.54) is 0 Å². The van der Waals surface area contributed by atoms with Crippen molar-refractivity contribution >= 4 is 90.8 Å². The first-order chi connectivity index (χ1) is 35.9. The predicted octanol–water partition coefficient (Wildman–Crippen LogP) is 8.62. The Bertz CT molecular complexity index is 3400. The van der Waals surface area contributed by atoms with E-state index < -0.39 is 14.2 Å². The molecule has 0 aliphatic rings. The van der Waals surface area contributed by atoms with Crippen molar-refractivity contribution in [2.45, 2.75) is 39.3 Å². The molecular weight excluding hydrogens is 918 g/mol. The van der Waals surface area contributed by atoms with Crippen LogP contribution in [0.1, 0.15) is 54.1 Å². The van der Waals surface area contributed by atoms with Gasteiger partial charge in [0.25, 0.3) is 11.8 Å². The van der Waals surface area contributed by atoms with E-state index in [1.54, 1.807) is 34.1 Å². The van der Waals surface area contributed by atoms with Crippen molar-refractivity contribution in [3.05, 3.63) is 226 Å². The molecule has 0 saturated heterocycles. The quantitative estimate of drug-likeness (QED) is 0.0561. The van der Waals surface area contributed by atoms with Gasteiger partial charge < -0.3 is 29.9 Å². The third kappa shape index (κ3) is 9.79. The Morgan fingerprint density at radius 1 is 0.324 bits per heavy atom. The molecule has 0 saturated carbocycles. The van der Waals surface area contributed by atoms with Crippen molar-refractivity contribution in [2.24, 2.45) is 0 Å². The van der Waals surface area contributed by atoms with Crippen LogP contribution in [0.5, 0.6) is 0 Å². The van der Waals surface area contributed by atoms with Gasteiger partial charge in [-0.15, -0.1) is 0 Å². The van der Waals surface area contributed by atoms with Crippen LogP contribution in [0.3, 0.4) is 0 Å². The SMILES string of the molecule is CN(Cc1ccccc1B(O)O)Cc1c2ccccc2c(CN(C)C(=O)c2ccc(C(=O)N(C)Cc3c4ccccc4c(CN(C)Cc4ccccc4B(O)O)c4ccccc34)c3ccccc23)c2ccccc12. The molecule has 0 aliphatic heterocycles. The summed E-state index contributed by atoms with van der Waals surface area (Å²) in [7, 11) is 4.62. The van der Waals surface area contributed by atoms with E-state index >= 15 is 0 Å². The van der Waals surface area contributed by atoms with Gasteiger partial charge in [-0.1, -0.05) is 170 Å². The average molecular weight is 977 g/mol. The van der Waals surface area contributed by atoms with Crippen LogP contribution >= 0.6 is 0 Å². The lowest BCUT2D eigenvalue weighted by Gasteiger charge is -2.25. The number of rotatable bonds is 16. The summed E-state index contributed by atoms with van der Waals surface area (Å²) in [5, 5.41) is 50.2. The van der Waals surface area contributed by atoms with Gasteiger partial charge in [0.15, 0.2) is 0 Å². The molecule has 12 heteroatoms. The Kier molecular flexibility index (Phi) is 14.4. The molecule has 0 unspecified atom stereocenters. The summed E-state index contributed by atoms with van der Waals surface area (Å²) in [5.74, 6) is -0.316. The Hall–Kier alpha value is -7.67. The summed E-state index contributed by atoms with van der Waals surface area (Å²) in [6.45, 7) is 2.93. The fourth-order valence-electron chi connectivity index (χ4n) is 11.1. The molecule has 10 nitrogen and oxygen atoms in total. The Morgan fingerprint density at radius 3 is 0.851 bits per heavy atom. The predicted molar refractivity (Wildman–Crippen MR) is 301 cm³/mol. The van der Waals surface area contributed by atoms with E-state index in [-0.39, 0.29) is 11.8 Å². The fourth-order valence-corrected chi connectivity index (χ4v) is 11.1. The molecule has 0 fully saturated rings. The molecule has 10 aromatic carbocycles. The lowest BCUT2D eigenvalue weighted by Crippen LogP contribution is -2.35. The summed E-state index contributed by atoms with van der Waals surface area (Å²) in [4.78, 5) is 37.5. The molecule has 2 amide bonds. The zero-order valence-electron chi connectivity index (χ0n) is 42.1. The van der Waals surface area contributed by atoms with E-state index in [0.717, 1.165) is 76.5 Å². The second kappa shape index (κ2) is 21.4. The van der Waals surface area contributed by atoms with Crippen LogP contribution in [0.15, 0.2) is 182 Å². The zero-order valence-corrected chi connectivity index (χ0v) is 42.1. The summed E-state index contributed by atoms with van der Waals surface area (Å²) < 4.78 is 0. The fraction of sp³-hybridized carbons (Fsp3) is 0.161. The molecule has 0 aromatic heterocycles. The highest BCUT2D eigenvalue weighted by atomic mass is 16.4. The van der Waals surface area contributed by atoms with Crippen LogP contribution in [0.25, 0.3) is 53.9 Å². The second-order valence-electron chi connectivity index (χ2n) is 19.6. The second-order valence-corrected chi connectivity index (χ2v) is 19.6. The van der Waals surface area contributed by atoms with Crippen molar-refractivity contribution in [2.75, 3.05) is 28.2 Å². The van der Waals surface area contributed by atoms with Crippen molar-refractivity contribution in [3.8, 4) is 0 Å². The Morgan fingerprint density at radius 2 is 0.568 bits per heavy atom. The van der Waals surface area contributed by atoms with Gasteiger partial charge >= 0.3 is 14.2 Å². The van der Waals surface area contributed by atoms with Gasteiger partial charge in [-0.25, -0.2) is 0 Å². The zero-order chi connectivity index (χ0) is 51.6. The molecule has 0 aliphatic carbocycles. The van der Waals surface area contributed by atoms with Crippen molar-refractivity contribution in [1.29, 1.82) is 0 Å². The average Bonchev–Trinajstić information content (AvgIpc) is 3.42. The normalized spacial score (nSPS) is 11.6. The summed E-state index contributed by atoms with van der Waals surface area (Å²) in [6.07, 6.45) is 0. The Balaban J connectivity index is 0.925. The monoisotopic (exact) mass is 976 g/mol. The number of fused-ring (bicyclic) bond motifs is 5. The number of hydrogen-bond donors (Lipinski definition) is 4. The van der Waals surface area contributed by atoms with Crippen LogP contribution in [-0.4, -0.2) is 93.9 Å². The minimum Gasteiger partial charge on any atom is -0.423 e. The number of carbonyl (C=O) groups excluding carboxylic acids is 2. The number of amides is 2. The van der Waals surface area contributed by atoms with E-state index in [4.69, 9.17) is 0 Å². The summed E-state index contributed by atoms with van der Waals surface area (Å²) in [5.41, 5.74) is 8.06. The molecule has 4 N–H and O–H groups in total. The molecule has 0 atom stereocenters. The highest BCUT2D eigenvalue weighted by Crippen LogP contribution is 2.37. The smallest absolute Gasteiger partial charge is 0.423 e. The number of hydrogen-bond acceptors (Lipinski definition) is 8.